The van der Waals surface area contributed by atoms with Crippen LogP contribution in [0.25, 0.3) is 0 Å². The van der Waals surface area contributed by atoms with Crippen LogP contribution in [0.15, 0.2) is 78.0 Å². The van der Waals surface area contributed by atoms with Crippen molar-refractivity contribution < 1.29 is 18.3 Å². The van der Waals surface area contributed by atoms with Gasteiger partial charge in [0.25, 0.3) is 0 Å². The van der Waals surface area contributed by atoms with E-state index in [0.717, 1.165) is 11.1 Å². The average molecular weight is 426 g/mol. The van der Waals surface area contributed by atoms with Gasteiger partial charge in [0.1, 0.15) is 0 Å². The van der Waals surface area contributed by atoms with Crippen LogP contribution in [0.3, 0.4) is 0 Å². The summed E-state index contributed by atoms with van der Waals surface area (Å²) in [7, 11) is -3.53. The summed E-state index contributed by atoms with van der Waals surface area (Å²) in [4.78, 5) is 16.2. The van der Waals surface area contributed by atoms with Gasteiger partial charge in [-0.15, -0.1) is 0 Å². The van der Waals surface area contributed by atoms with Crippen LogP contribution in [0, 0.1) is 0 Å². The molecule has 2 amide bonds. The first kappa shape index (κ1) is 21.5. The predicted octanol–water partition coefficient (Wildman–Crippen LogP) is 2.91. The average Bonchev–Trinajstić information content (AvgIpc) is 2.74. The van der Waals surface area contributed by atoms with Crippen LogP contribution in [0.5, 0.6) is 0 Å². The monoisotopic (exact) mass is 425 g/mol. The zero-order valence-corrected chi connectivity index (χ0v) is 17.1. The zero-order valence-electron chi connectivity index (χ0n) is 16.3. The predicted molar refractivity (Wildman–Crippen MR) is 115 cm³/mol. The molecule has 0 fully saturated rings. The third kappa shape index (κ3) is 6.13. The Hall–Kier alpha value is -3.23. The van der Waals surface area contributed by atoms with E-state index in [1.54, 1.807) is 48.8 Å². The Morgan fingerprint density at radius 2 is 1.70 bits per heavy atom. The van der Waals surface area contributed by atoms with Crippen molar-refractivity contribution in [3.63, 3.8) is 0 Å². The summed E-state index contributed by atoms with van der Waals surface area (Å²) in [5, 5.41) is 14.4. The summed E-state index contributed by atoms with van der Waals surface area (Å²) in [6.45, 7) is 0.349. The summed E-state index contributed by atoms with van der Waals surface area (Å²) >= 11 is 0. The molecule has 30 heavy (non-hydrogen) atoms. The molecule has 8 heteroatoms. The second-order valence-corrected chi connectivity index (χ2v) is 8.74. The Morgan fingerprint density at radius 1 is 0.967 bits per heavy atom. The largest absolute Gasteiger partial charge is 0.396 e. The summed E-state index contributed by atoms with van der Waals surface area (Å²) in [5.41, 5.74) is 2.92. The Balaban J connectivity index is 1.60. The van der Waals surface area contributed by atoms with E-state index in [4.69, 9.17) is 5.11 Å². The fraction of sp³-hybridized carbons (Fsp3) is 0.182. The van der Waals surface area contributed by atoms with Gasteiger partial charge in [0.2, 0.25) is 0 Å². The zero-order chi connectivity index (χ0) is 21.4. The number of urea groups is 1. The van der Waals surface area contributed by atoms with Gasteiger partial charge in [-0.25, -0.2) is 13.2 Å². The molecule has 0 spiro atoms. The maximum Gasteiger partial charge on any atom is 0.319 e. The van der Waals surface area contributed by atoms with Gasteiger partial charge >= 0.3 is 6.03 Å². The molecule has 0 aliphatic carbocycles. The Morgan fingerprint density at radius 3 is 2.40 bits per heavy atom. The lowest BCUT2D eigenvalue weighted by Gasteiger charge is -2.09. The van der Waals surface area contributed by atoms with Crippen LogP contribution in [0.1, 0.15) is 16.7 Å². The van der Waals surface area contributed by atoms with Gasteiger partial charge in [-0.2, -0.15) is 0 Å². The number of pyridine rings is 1. The van der Waals surface area contributed by atoms with Gasteiger partial charge in [-0.3, -0.25) is 4.98 Å². The van der Waals surface area contributed by atoms with E-state index in [-0.39, 0.29) is 17.3 Å². The first-order chi connectivity index (χ1) is 14.5. The van der Waals surface area contributed by atoms with Crippen molar-refractivity contribution in [2.24, 2.45) is 0 Å². The highest BCUT2D eigenvalue weighted by Gasteiger charge is 2.16. The molecule has 1 heterocycles. The number of benzene rings is 2. The van der Waals surface area contributed by atoms with Crippen LogP contribution in [-0.2, 0) is 28.6 Å². The molecule has 156 valence electrons. The fourth-order valence-electron chi connectivity index (χ4n) is 2.91. The molecule has 0 aliphatic rings. The van der Waals surface area contributed by atoms with Gasteiger partial charge in [-0.05, 0) is 53.4 Å². The van der Waals surface area contributed by atoms with Crippen LogP contribution < -0.4 is 10.6 Å². The number of anilines is 1. The number of aromatic nitrogens is 1. The minimum atomic E-state index is -3.53. The van der Waals surface area contributed by atoms with Gasteiger partial charge in [0.15, 0.2) is 9.84 Å². The number of aliphatic hydroxyl groups is 1. The third-order valence-electron chi connectivity index (χ3n) is 4.40. The van der Waals surface area contributed by atoms with Crippen molar-refractivity contribution in [2.75, 3.05) is 11.9 Å². The highest BCUT2D eigenvalue weighted by atomic mass is 32.2. The van der Waals surface area contributed by atoms with Crippen molar-refractivity contribution in [3.8, 4) is 0 Å². The Labute approximate surface area is 175 Å². The minimum absolute atomic E-state index is 0.0144. The molecule has 0 radical (unpaired) electrons. The van der Waals surface area contributed by atoms with E-state index >= 15 is 0 Å². The molecule has 0 bridgehead atoms. The van der Waals surface area contributed by atoms with Crippen molar-refractivity contribution in [3.05, 3.63) is 89.7 Å². The topological polar surface area (TPSA) is 108 Å². The standard InChI is InChI=1S/C22H23N3O4S/c26-12-10-17-3-1-4-18(13-17)16-30(28,29)21-8-6-20(7-9-21)25-22(27)24-15-19-5-2-11-23-14-19/h1-9,11,13-14,26H,10,12,15-16H2,(H2,24,25,27). The third-order valence-corrected chi connectivity index (χ3v) is 6.10. The van der Waals surface area contributed by atoms with E-state index < -0.39 is 15.9 Å². The fourth-order valence-corrected chi connectivity index (χ4v) is 4.25. The lowest BCUT2D eigenvalue weighted by Crippen LogP contribution is -2.28. The SMILES string of the molecule is O=C(NCc1cccnc1)Nc1ccc(S(=O)(=O)Cc2cccc(CCO)c2)cc1. The summed E-state index contributed by atoms with van der Waals surface area (Å²) in [5.74, 6) is -0.134. The highest BCUT2D eigenvalue weighted by Crippen LogP contribution is 2.20. The van der Waals surface area contributed by atoms with Crippen LogP contribution in [-0.4, -0.2) is 31.1 Å². The summed E-state index contributed by atoms with van der Waals surface area (Å²) in [6.07, 6.45) is 3.81. The first-order valence-electron chi connectivity index (χ1n) is 9.41. The first-order valence-corrected chi connectivity index (χ1v) is 11.1. The molecule has 3 N–H and O–H groups in total. The van der Waals surface area contributed by atoms with Gasteiger partial charge in [0, 0.05) is 31.2 Å². The number of rotatable bonds is 8. The second kappa shape index (κ2) is 10.00. The molecule has 2 aromatic carbocycles. The molecular weight excluding hydrogens is 402 g/mol. The molecule has 0 atom stereocenters. The Bertz CT molecular complexity index is 1080. The maximum atomic E-state index is 12.7. The number of sulfone groups is 1. The van der Waals surface area contributed by atoms with Crippen molar-refractivity contribution in [1.82, 2.24) is 10.3 Å². The van der Waals surface area contributed by atoms with E-state index in [9.17, 15) is 13.2 Å². The lowest BCUT2D eigenvalue weighted by molar-refractivity contribution is 0.251. The number of nitrogens with one attached hydrogen (secondary N) is 2. The lowest BCUT2D eigenvalue weighted by atomic mass is 10.1. The van der Waals surface area contributed by atoms with E-state index in [1.807, 2.05) is 12.1 Å². The molecule has 0 saturated carbocycles. The molecule has 0 unspecified atom stereocenters. The van der Waals surface area contributed by atoms with Gasteiger partial charge in [0.05, 0.1) is 10.6 Å². The molecule has 3 rings (SSSR count). The minimum Gasteiger partial charge on any atom is -0.396 e. The van der Waals surface area contributed by atoms with Crippen LogP contribution >= 0.6 is 0 Å². The smallest absolute Gasteiger partial charge is 0.319 e. The molecular formula is C22H23N3O4S. The van der Waals surface area contributed by atoms with E-state index in [2.05, 4.69) is 15.6 Å². The second-order valence-electron chi connectivity index (χ2n) is 6.75. The van der Waals surface area contributed by atoms with Crippen LogP contribution in [0.2, 0.25) is 0 Å². The van der Waals surface area contributed by atoms with E-state index in [0.29, 0.717) is 24.2 Å². The number of amides is 2. The number of hydrogen-bond donors (Lipinski definition) is 3. The van der Waals surface area contributed by atoms with Crippen molar-refractivity contribution in [1.29, 1.82) is 0 Å². The highest BCUT2D eigenvalue weighted by molar-refractivity contribution is 7.90. The van der Waals surface area contributed by atoms with E-state index in [1.165, 1.54) is 12.1 Å². The molecule has 7 nitrogen and oxygen atoms in total. The molecule has 0 saturated heterocycles. The quantitative estimate of drug-likeness (QED) is 0.514. The number of carbonyl (C=O) groups is 1. The number of carbonyl (C=O) groups excluding carboxylic acids is 1. The molecule has 3 aromatic rings. The number of nitrogens with zero attached hydrogens (tertiary/aromatic N) is 1. The van der Waals surface area contributed by atoms with Crippen molar-refractivity contribution >= 4 is 21.6 Å². The summed E-state index contributed by atoms with van der Waals surface area (Å²) in [6, 6.07) is 16.5. The summed E-state index contributed by atoms with van der Waals surface area (Å²) < 4.78 is 25.4. The normalized spacial score (nSPS) is 11.1. The molecule has 0 aliphatic heterocycles. The molecule has 1 aromatic heterocycles. The van der Waals surface area contributed by atoms with Gasteiger partial charge in [-0.1, -0.05) is 30.3 Å². The number of aliphatic hydroxyl groups excluding tert-OH is 1. The van der Waals surface area contributed by atoms with Crippen molar-refractivity contribution in [2.45, 2.75) is 23.6 Å². The number of hydrogen-bond acceptors (Lipinski definition) is 5. The maximum absolute atomic E-state index is 12.7. The van der Waals surface area contributed by atoms with Crippen LogP contribution in [0.4, 0.5) is 10.5 Å². The Kier molecular flexibility index (Phi) is 7.16. The van der Waals surface area contributed by atoms with Gasteiger partial charge < -0.3 is 15.7 Å².